The summed E-state index contributed by atoms with van der Waals surface area (Å²) in [4.78, 5) is 30.0. The van der Waals surface area contributed by atoms with Crippen molar-refractivity contribution in [3.63, 3.8) is 0 Å². The van der Waals surface area contributed by atoms with Crippen LogP contribution in [0.3, 0.4) is 0 Å². The number of thioether (sulfide) groups is 1. The molecule has 1 amide bonds. The Hall–Kier alpha value is -3.24. The van der Waals surface area contributed by atoms with Crippen LogP contribution in [0, 0.1) is 11.6 Å². The number of methoxy groups -OCH3 is 1. The summed E-state index contributed by atoms with van der Waals surface area (Å²) in [5.74, 6) is -1.30. The number of carbonyl (C=O) groups excluding carboxylic acids is 1. The number of carbonyl (C=O) groups is 1. The normalized spacial score (nSPS) is 11.0. The number of benzene rings is 2. The fourth-order valence-electron chi connectivity index (χ4n) is 3.02. The van der Waals surface area contributed by atoms with E-state index in [0.29, 0.717) is 21.1 Å². The average molecular weight is 474 g/mol. The molecule has 164 valence electrons. The van der Waals surface area contributed by atoms with Gasteiger partial charge >= 0.3 is 0 Å². The lowest BCUT2D eigenvalue weighted by Crippen LogP contribution is -2.24. The summed E-state index contributed by atoms with van der Waals surface area (Å²) in [7, 11) is 1.36. The Labute approximate surface area is 189 Å². The van der Waals surface area contributed by atoms with Crippen molar-refractivity contribution in [1.29, 1.82) is 0 Å². The minimum atomic E-state index is -0.587. The van der Waals surface area contributed by atoms with Crippen LogP contribution in [0.2, 0.25) is 0 Å². The van der Waals surface area contributed by atoms with Crippen molar-refractivity contribution in [3.05, 3.63) is 81.5 Å². The summed E-state index contributed by atoms with van der Waals surface area (Å²) in [6.45, 7) is 0.188. The number of aromatic nitrogens is 2. The highest BCUT2D eigenvalue weighted by Crippen LogP contribution is 2.23. The van der Waals surface area contributed by atoms with E-state index in [1.807, 2.05) is 0 Å². The summed E-state index contributed by atoms with van der Waals surface area (Å²) in [6.07, 6.45) is 0. The van der Waals surface area contributed by atoms with Gasteiger partial charge in [0.1, 0.15) is 10.5 Å². The lowest BCUT2D eigenvalue weighted by molar-refractivity contribution is -0.113. The average Bonchev–Trinajstić information content (AvgIpc) is 3.25. The Morgan fingerprint density at radius 1 is 1.19 bits per heavy atom. The van der Waals surface area contributed by atoms with Gasteiger partial charge in [0.05, 0.1) is 24.9 Å². The number of hydrogen-bond acceptors (Lipinski definition) is 6. The van der Waals surface area contributed by atoms with E-state index in [0.717, 1.165) is 17.3 Å². The van der Waals surface area contributed by atoms with Gasteiger partial charge in [-0.15, -0.1) is 11.3 Å². The standard InChI is InChI=1S/C22H17F2N3O3S2/c1-30-18-7-6-15(10-16(18)24)25-19(28)12-32-22-26-17-8-9-31-20(17)21(29)27(22)11-13-2-4-14(23)5-3-13/h2-10H,11-12H2,1H3,(H,25,28). The van der Waals surface area contributed by atoms with Gasteiger partial charge in [-0.25, -0.2) is 13.8 Å². The Bertz CT molecular complexity index is 1340. The molecule has 0 spiro atoms. The largest absolute Gasteiger partial charge is 0.494 e. The predicted molar refractivity (Wildman–Crippen MR) is 122 cm³/mol. The van der Waals surface area contributed by atoms with Gasteiger partial charge < -0.3 is 10.1 Å². The highest BCUT2D eigenvalue weighted by atomic mass is 32.2. The smallest absolute Gasteiger partial charge is 0.272 e. The molecular formula is C22H17F2N3O3S2. The van der Waals surface area contributed by atoms with Gasteiger partial charge in [-0.1, -0.05) is 23.9 Å². The van der Waals surface area contributed by atoms with E-state index in [-0.39, 0.29) is 35.3 Å². The molecule has 2 heterocycles. The zero-order valence-electron chi connectivity index (χ0n) is 16.8. The quantitative estimate of drug-likeness (QED) is 0.316. The van der Waals surface area contributed by atoms with E-state index in [9.17, 15) is 18.4 Å². The van der Waals surface area contributed by atoms with Gasteiger partial charge in [-0.2, -0.15) is 0 Å². The van der Waals surface area contributed by atoms with Crippen LogP contribution in [0.4, 0.5) is 14.5 Å². The third-order valence-corrected chi connectivity index (χ3v) is 6.42. The number of nitrogens with one attached hydrogen (secondary N) is 1. The lowest BCUT2D eigenvalue weighted by Gasteiger charge is -2.12. The molecule has 0 atom stereocenters. The molecule has 0 aliphatic carbocycles. The monoisotopic (exact) mass is 473 g/mol. The molecule has 0 saturated carbocycles. The van der Waals surface area contributed by atoms with Crippen molar-refractivity contribution in [3.8, 4) is 5.75 Å². The lowest BCUT2D eigenvalue weighted by atomic mass is 10.2. The van der Waals surface area contributed by atoms with Crippen LogP contribution in [-0.4, -0.2) is 28.3 Å². The predicted octanol–water partition coefficient (Wildman–Crippen LogP) is 4.52. The maximum atomic E-state index is 13.8. The maximum absolute atomic E-state index is 13.8. The molecule has 4 rings (SSSR count). The topological polar surface area (TPSA) is 73.2 Å². The number of amides is 1. The molecule has 32 heavy (non-hydrogen) atoms. The first kappa shape index (κ1) is 22.0. The zero-order chi connectivity index (χ0) is 22.7. The van der Waals surface area contributed by atoms with Gasteiger partial charge in [0.15, 0.2) is 16.7 Å². The molecule has 6 nitrogen and oxygen atoms in total. The number of anilines is 1. The highest BCUT2D eigenvalue weighted by Gasteiger charge is 2.15. The van der Waals surface area contributed by atoms with Gasteiger partial charge in [-0.3, -0.25) is 14.2 Å². The van der Waals surface area contributed by atoms with E-state index in [1.165, 1.54) is 53.3 Å². The number of thiophene rings is 1. The van der Waals surface area contributed by atoms with Crippen LogP contribution in [0.25, 0.3) is 10.2 Å². The van der Waals surface area contributed by atoms with Gasteiger partial charge in [0.2, 0.25) is 5.91 Å². The highest BCUT2D eigenvalue weighted by molar-refractivity contribution is 7.99. The number of ether oxygens (including phenoxy) is 1. The molecule has 0 aliphatic heterocycles. The second-order valence-corrected chi connectivity index (χ2v) is 8.59. The number of nitrogens with zero attached hydrogens (tertiary/aromatic N) is 2. The van der Waals surface area contributed by atoms with Gasteiger partial charge in [0.25, 0.3) is 5.56 Å². The molecule has 2 aromatic carbocycles. The Morgan fingerprint density at radius 3 is 2.69 bits per heavy atom. The first-order valence-electron chi connectivity index (χ1n) is 9.43. The molecule has 4 aromatic rings. The summed E-state index contributed by atoms with van der Waals surface area (Å²) < 4.78 is 33.9. The number of rotatable bonds is 7. The van der Waals surface area contributed by atoms with Gasteiger partial charge in [0, 0.05) is 11.8 Å². The minimum Gasteiger partial charge on any atom is -0.494 e. The van der Waals surface area contributed by atoms with Crippen LogP contribution < -0.4 is 15.6 Å². The molecule has 0 radical (unpaired) electrons. The SMILES string of the molecule is COc1ccc(NC(=O)CSc2nc3ccsc3c(=O)n2Cc2ccc(F)cc2)cc1F. The molecule has 0 fully saturated rings. The third-order valence-electron chi connectivity index (χ3n) is 4.55. The van der Waals surface area contributed by atoms with Crippen LogP contribution in [-0.2, 0) is 11.3 Å². The van der Waals surface area contributed by atoms with Crippen molar-refractivity contribution in [2.24, 2.45) is 0 Å². The van der Waals surface area contributed by atoms with E-state index in [2.05, 4.69) is 10.3 Å². The van der Waals surface area contributed by atoms with E-state index in [4.69, 9.17) is 4.74 Å². The Kier molecular flexibility index (Phi) is 6.52. The molecule has 0 bridgehead atoms. The second-order valence-electron chi connectivity index (χ2n) is 6.73. The van der Waals surface area contributed by atoms with Crippen LogP contribution in [0.15, 0.2) is 63.9 Å². The maximum Gasteiger partial charge on any atom is 0.272 e. The van der Waals surface area contributed by atoms with Crippen molar-refractivity contribution in [2.45, 2.75) is 11.7 Å². The molecule has 0 unspecified atom stereocenters. The van der Waals surface area contributed by atoms with Crippen LogP contribution in [0.1, 0.15) is 5.56 Å². The first-order valence-corrected chi connectivity index (χ1v) is 11.3. The summed E-state index contributed by atoms with van der Waals surface area (Å²) in [5, 5.41) is 4.76. The number of halogens is 2. The minimum absolute atomic E-state index is 0.0425. The van der Waals surface area contributed by atoms with Crippen LogP contribution >= 0.6 is 23.1 Å². The molecular weight excluding hydrogens is 456 g/mol. The second kappa shape index (κ2) is 9.49. The fourth-order valence-corrected chi connectivity index (χ4v) is 4.59. The molecule has 1 N–H and O–H groups in total. The van der Waals surface area contributed by atoms with E-state index < -0.39 is 5.82 Å². The van der Waals surface area contributed by atoms with E-state index >= 15 is 0 Å². The Morgan fingerprint density at radius 2 is 1.97 bits per heavy atom. The first-order chi connectivity index (χ1) is 15.4. The van der Waals surface area contributed by atoms with Crippen molar-refractivity contribution >= 4 is 44.9 Å². The number of hydrogen-bond donors (Lipinski definition) is 1. The third kappa shape index (κ3) is 4.81. The van der Waals surface area contributed by atoms with Crippen molar-refractivity contribution in [2.75, 3.05) is 18.2 Å². The molecule has 0 saturated heterocycles. The summed E-state index contributed by atoms with van der Waals surface area (Å²) in [5.41, 5.74) is 1.34. The van der Waals surface area contributed by atoms with Crippen molar-refractivity contribution in [1.82, 2.24) is 9.55 Å². The fraction of sp³-hybridized carbons (Fsp3) is 0.136. The number of fused-ring (bicyclic) bond motifs is 1. The van der Waals surface area contributed by atoms with Crippen molar-refractivity contribution < 1.29 is 18.3 Å². The van der Waals surface area contributed by atoms with Gasteiger partial charge in [-0.05, 0) is 41.3 Å². The molecule has 10 heteroatoms. The summed E-state index contributed by atoms with van der Waals surface area (Å²) in [6, 6.07) is 11.7. The van der Waals surface area contributed by atoms with E-state index in [1.54, 1.807) is 23.6 Å². The van der Waals surface area contributed by atoms with Crippen LogP contribution in [0.5, 0.6) is 5.75 Å². The Balaban J connectivity index is 1.55. The summed E-state index contributed by atoms with van der Waals surface area (Å²) >= 11 is 2.38. The molecule has 0 aliphatic rings. The molecule has 2 aromatic heterocycles. The zero-order valence-corrected chi connectivity index (χ0v) is 18.4.